The van der Waals surface area contributed by atoms with Crippen LogP contribution in [-0.4, -0.2) is 0 Å². The largest absolute Gasteiger partial charge is 0.0654 e. The summed E-state index contributed by atoms with van der Waals surface area (Å²) < 4.78 is 0. The Morgan fingerprint density at radius 3 is 2.17 bits per heavy atom. The fraction of sp³-hybridized carbons (Fsp3) is 1.00. The molecule has 2 bridgehead atoms. The van der Waals surface area contributed by atoms with Crippen LogP contribution in [-0.2, 0) is 0 Å². The highest BCUT2D eigenvalue weighted by molar-refractivity contribution is 5.11. The Bertz CT molecular complexity index is 180. The van der Waals surface area contributed by atoms with Crippen LogP contribution in [0.2, 0.25) is 0 Å². The molecule has 0 amide bonds. The maximum Gasteiger partial charge on any atom is -0.0238 e. The van der Waals surface area contributed by atoms with E-state index in [4.69, 9.17) is 0 Å². The first-order chi connectivity index (χ1) is 5.63. The molecule has 0 aromatic heterocycles. The fourth-order valence-electron chi connectivity index (χ4n) is 4.23. The predicted molar refractivity (Wildman–Crippen MR) is 52.9 cm³/mol. The van der Waals surface area contributed by atoms with Crippen LogP contribution in [0.4, 0.5) is 0 Å². The second kappa shape index (κ2) is 2.49. The van der Waals surface area contributed by atoms with Gasteiger partial charge in [0.1, 0.15) is 0 Å². The quantitative estimate of drug-likeness (QED) is 0.586. The van der Waals surface area contributed by atoms with E-state index in [9.17, 15) is 0 Å². The van der Waals surface area contributed by atoms with Crippen molar-refractivity contribution in [1.29, 1.82) is 0 Å². The van der Waals surface area contributed by atoms with Gasteiger partial charge < -0.3 is 0 Å². The normalized spacial score (nSPS) is 57.0. The molecule has 3 fully saturated rings. The lowest BCUT2D eigenvalue weighted by Gasteiger charge is -2.48. The first kappa shape index (κ1) is 8.59. The van der Waals surface area contributed by atoms with E-state index in [-0.39, 0.29) is 0 Å². The summed E-state index contributed by atoms with van der Waals surface area (Å²) in [4.78, 5) is 0. The van der Waals surface area contributed by atoms with E-state index in [1.807, 2.05) is 0 Å². The Balaban J connectivity index is 2.17. The summed E-state index contributed by atoms with van der Waals surface area (Å²) in [5.41, 5.74) is 0.777. The molecule has 0 aromatic carbocycles. The fourth-order valence-corrected chi connectivity index (χ4v) is 4.23. The van der Waals surface area contributed by atoms with Gasteiger partial charge in [-0.1, -0.05) is 34.1 Å². The van der Waals surface area contributed by atoms with E-state index in [2.05, 4.69) is 27.7 Å². The molecule has 12 heavy (non-hydrogen) atoms. The lowest BCUT2D eigenvalue weighted by molar-refractivity contribution is 0.0119. The third-order valence-electron chi connectivity index (χ3n) is 5.25. The molecule has 0 spiro atoms. The monoisotopic (exact) mass is 166 g/mol. The minimum atomic E-state index is 0.777. The van der Waals surface area contributed by atoms with Gasteiger partial charge in [-0.2, -0.15) is 0 Å². The summed E-state index contributed by atoms with van der Waals surface area (Å²) >= 11 is 0. The van der Waals surface area contributed by atoms with Crippen LogP contribution in [0.1, 0.15) is 47.0 Å². The van der Waals surface area contributed by atoms with Crippen molar-refractivity contribution in [3.05, 3.63) is 0 Å². The minimum Gasteiger partial charge on any atom is -0.0654 e. The second-order valence-corrected chi connectivity index (χ2v) is 5.29. The van der Waals surface area contributed by atoms with Crippen LogP contribution < -0.4 is 0 Å². The zero-order valence-electron chi connectivity index (χ0n) is 8.93. The molecule has 0 aliphatic heterocycles. The average Bonchev–Trinajstić information content (AvgIpc) is 2.39. The maximum absolute atomic E-state index is 2.49. The van der Waals surface area contributed by atoms with Crippen molar-refractivity contribution in [2.75, 3.05) is 0 Å². The zero-order valence-corrected chi connectivity index (χ0v) is 8.93. The summed E-state index contributed by atoms with van der Waals surface area (Å²) in [5, 5.41) is 0. The molecule has 0 N–H and O–H groups in total. The van der Waals surface area contributed by atoms with Gasteiger partial charge >= 0.3 is 0 Å². The van der Waals surface area contributed by atoms with Gasteiger partial charge in [0.15, 0.2) is 0 Å². The molecule has 0 radical (unpaired) electrons. The summed E-state index contributed by atoms with van der Waals surface area (Å²) in [6.07, 6.45) is 4.41. The third kappa shape index (κ3) is 0.744. The SMILES string of the molecule is CCCC12CC(C(C)C1C)C2C. The van der Waals surface area contributed by atoms with Crippen LogP contribution in [0.25, 0.3) is 0 Å². The van der Waals surface area contributed by atoms with Crippen molar-refractivity contribution in [1.82, 2.24) is 0 Å². The van der Waals surface area contributed by atoms with Gasteiger partial charge in [-0.3, -0.25) is 0 Å². The van der Waals surface area contributed by atoms with Crippen molar-refractivity contribution in [2.24, 2.45) is 29.1 Å². The molecule has 3 aliphatic rings. The summed E-state index contributed by atoms with van der Waals surface area (Å²) in [5.74, 6) is 4.11. The molecule has 5 atom stereocenters. The molecule has 3 aliphatic carbocycles. The summed E-state index contributed by atoms with van der Waals surface area (Å²) in [6, 6.07) is 0. The molecule has 3 saturated carbocycles. The van der Waals surface area contributed by atoms with Gasteiger partial charge in [0, 0.05) is 0 Å². The smallest absolute Gasteiger partial charge is 0.0238 e. The Hall–Kier alpha value is 0. The van der Waals surface area contributed by atoms with Gasteiger partial charge in [0.2, 0.25) is 0 Å². The molecular formula is C12H22. The Labute approximate surface area is 76.7 Å². The minimum absolute atomic E-state index is 0.777. The van der Waals surface area contributed by atoms with Crippen molar-refractivity contribution >= 4 is 0 Å². The molecule has 70 valence electrons. The zero-order chi connectivity index (χ0) is 8.93. The second-order valence-electron chi connectivity index (χ2n) is 5.29. The first-order valence-electron chi connectivity index (χ1n) is 5.63. The standard InChI is InChI=1S/C12H22/c1-5-6-12-7-11(10(12)4)8(2)9(12)3/h8-11H,5-7H2,1-4H3. The number of fused-ring (bicyclic) bond motifs is 1. The summed E-state index contributed by atoms with van der Waals surface area (Å²) in [6.45, 7) is 9.79. The van der Waals surface area contributed by atoms with Crippen LogP contribution in [0.5, 0.6) is 0 Å². The van der Waals surface area contributed by atoms with E-state index in [0.29, 0.717) is 0 Å². The van der Waals surface area contributed by atoms with Gasteiger partial charge in [0.05, 0.1) is 0 Å². The van der Waals surface area contributed by atoms with E-state index >= 15 is 0 Å². The number of hydrogen-bond acceptors (Lipinski definition) is 0. The van der Waals surface area contributed by atoms with Gasteiger partial charge in [0.25, 0.3) is 0 Å². The van der Waals surface area contributed by atoms with Crippen LogP contribution in [0.15, 0.2) is 0 Å². The van der Waals surface area contributed by atoms with Crippen molar-refractivity contribution in [2.45, 2.75) is 47.0 Å². The van der Waals surface area contributed by atoms with Crippen molar-refractivity contribution in [3.8, 4) is 0 Å². The lowest BCUT2D eigenvalue weighted by Crippen LogP contribution is -2.40. The Morgan fingerprint density at radius 2 is 1.83 bits per heavy atom. The van der Waals surface area contributed by atoms with Crippen molar-refractivity contribution in [3.63, 3.8) is 0 Å². The van der Waals surface area contributed by atoms with E-state index < -0.39 is 0 Å². The van der Waals surface area contributed by atoms with Crippen molar-refractivity contribution < 1.29 is 0 Å². The maximum atomic E-state index is 2.49. The number of rotatable bonds is 2. The molecule has 3 rings (SSSR count). The predicted octanol–water partition coefficient (Wildman–Crippen LogP) is 3.71. The molecule has 0 aromatic rings. The highest BCUT2D eigenvalue weighted by Gasteiger charge is 2.63. The number of hydrogen-bond donors (Lipinski definition) is 0. The van der Waals surface area contributed by atoms with E-state index in [1.54, 1.807) is 6.42 Å². The summed E-state index contributed by atoms with van der Waals surface area (Å²) in [7, 11) is 0. The van der Waals surface area contributed by atoms with Gasteiger partial charge in [-0.25, -0.2) is 0 Å². The molecule has 0 heterocycles. The van der Waals surface area contributed by atoms with Gasteiger partial charge in [-0.15, -0.1) is 0 Å². The highest BCUT2D eigenvalue weighted by Crippen LogP contribution is 2.70. The van der Waals surface area contributed by atoms with E-state index in [1.165, 1.54) is 12.8 Å². The molecule has 5 unspecified atom stereocenters. The topological polar surface area (TPSA) is 0 Å². The molecule has 0 heteroatoms. The highest BCUT2D eigenvalue weighted by atomic mass is 14.7. The molecule has 0 nitrogen and oxygen atoms in total. The Morgan fingerprint density at radius 1 is 1.17 bits per heavy atom. The van der Waals surface area contributed by atoms with Crippen LogP contribution >= 0.6 is 0 Å². The van der Waals surface area contributed by atoms with Crippen LogP contribution in [0, 0.1) is 29.1 Å². The lowest BCUT2D eigenvalue weighted by atomic mass is 9.57. The molecular weight excluding hydrogens is 144 g/mol. The van der Waals surface area contributed by atoms with Crippen LogP contribution in [0.3, 0.4) is 0 Å². The first-order valence-corrected chi connectivity index (χ1v) is 5.63. The van der Waals surface area contributed by atoms with Gasteiger partial charge in [-0.05, 0) is 41.9 Å². The average molecular weight is 166 g/mol. The Kier molecular flexibility index (Phi) is 1.79. The third-order valence-corrected chi connectivity index (χ3v) is 5.25. The van der Waals surface area contributed by atoms with E-state index in [0.717, 1.165) is 29.1 Å². The molecule has 0 saturated heterocycles.